The molecule has 9 nitrogen and oxygen atoms in total. The maximum absolute atomic E-state index is 13.4. The second-order valence-corrected chi connectivity index (χ2v) is 12.1. The van der Waals surface area contributed by atoms with Gasteiger partial charge in [0.05, 0.1) is 17.6 Å². The van der Waals surface area contributed by atoms with Gasteiger partial charge in [0, 0.05) is 42.3 Å². The first kappa shape index (κ1) is 29.0. The van der Waals surface area contributed by atoms with E-state index in [4.69, 9.17) is 9.72 Å². The van der Waals surface area contributed by atoms with E-state index < -0.39 is 11.6 Å². The van der Waals surface area contributed by atoms with Crippen molar-refractivity contribution in [3.05, 3.63) is 55.0 Å². The summed E-state index contributed by atoms with van der Waals surface area (Å²) < 4.78 is 49.7. The normalized spacial score (nSPS) is 23.4. The number of fused-ring (bicyclic) bond motifs is 3. The molecule has 0 aromatic carbocycles. The van der Waals surface area contributed by atoms with Crippen LogP contribution < -0.4 is 19.7 Å². The van der Waals surface area contributed by atoms with Gasteiger partial charge in [0.1, 0.15) is 16.7 Å². The molecule has 1 amide bonds. The fraction of sp³-hybridized carbons (Fsp3) is 0.500. The Kier molecular flexibility index (Phi) is 7.84. The lowest BCUT2D eigenvalue weighted by molar-refractivity contribution is -0.190. The third kappa shape index (κ3) is 6.09. The van der Waals surface area contributed by atoms with Gasteiger partial charge in [0.25, 0.3) is 5.91 Å². The highest BCUT2D eigenvalue weighted by Crippen LogP contribution is 2.59. The molecular weight excluding hydrogens is 555 g/mol. The van der Waals surface area contributed by atoms with E-state index in [1.807, 2.05) is 0 Å². The molecule has 1 aliphatic carbocycles. The third-order valence-electron chi connectivity index (χ3n) is 8.00. The largest absolute Gasteiger partial charge is 0.477 e. The van der Waals surface area contributed by atoms with Crippen LogP contribution in [-0.2, 0) is 0 Å². The van der Waals surface area contributed by atoms with Crippen molar-refractivity contribution in [1.29, 1.82) is 0 Å². The molecule has 0 radical (unpaired) electrons. The first-order valence-electron chi connectivity index (χ1n) is 13.6. The average molecular weight is 590 g/mol. The van der Waals surface area contributed by atoms with Crippen LogP contribution in [0, 0.1) is 5.41 Å². The lowest BCUT2D eigenvalue weighted by atomic mass is 10.0. The molecule has 0 spiro atoms. The number of rotatable bonds is 6. The van der Waals surface area contributed by atoms with Crippen LogP contribution in [0.15, 0.2) is 54.4 Å². The van der Waals surface area contributed by atoms with Crippen LogP contribution >= 0.6 is 11.9 Å². The number of aliphatic imine (C=N–C) groups is 1. The predicted molar refractivity (Wildman–Crippen MR) is 153 cm³/mol. The van der Waals surface area contributed by atoms with Crippen LogP contribution in [0.3, 0.4) is 0 Å². The number of pyridine rings is 1. The van der Waals surface area contributed by atoms with Crippen LogP contribution in [0.5, 0.6) is 5.88 Å². The number of anilines is 1. The molecule has 13 heteroatoms. The van der Waals surface area contributed by atoms with Crippen molar-refractivity contribution in [3.8, 4) is 11.7 Å². The number of ether oxygens (including phenoxy) is 1. The van der Waals surface area contributed by atoms with Crippen molar-refractivity contribution in [2.75, 3.05) is 18.1 Å². The summed E-state index contributed by atoms with van der Waals surface area (Å²) >= 11 is 1.04. The van der Waals surface area contributed by atoms with Crippen molar-refractivity contribution in [2.45, 2.75) is 70.1 Å². The molecule has 41 heavy (non-hydrogen) atoms. The van der Waals surface area contributed by atoms with Crippen LogP contribution in [0.4, 0.5) is 19.0 Å². The summed E-state index contributed by atoms with van der Waals surface area (Å²) in [7, 11) is 0. The zero-order valence-electron chi connectivity index (χ0n) is 23.1. The molecule has 2 fully saturated rings. The number of amides is 1. The second kappa shape index (κ2) is 11.1. The first-order chi connectivity index (χ1) is 19.4. The van der Waals surface area contributed by atoms with Gasteiger partial charge < -0.3 is 15.0 Å². The quantitative estimate of drug-likeness (QED) is 0.427. The number of hydrogen-bond acceptors (Lipinski definition) is 8. The van der Waals surface area contributed by atoms with E-state index in [0.717, 1.165) is 31.2 Å². The van der Waals surface area contributed by atoms with E-state index in [2.05, 4.69) is 52.0 Å². The SMILES string of the molecule is C=C/C1=N\C(=C)NCCC2CCC(C)(C)N2c2nc(-n3ccc(OCCC4(C(F)(F)F)CC4)n3)ccc2C(=O)NS1. The van der Waals surface area contributed by atoms with Gasteiger partial charge >= 0.3 is 6.18 Å². The van der Waals surface area contributed by atoms with Gasteiger partial charge in [-0.3, -0.25) is 9.52 Å². The topological polar surface area (TPSA) is 96.7 Å². The Labute approximate surface area is 241 Å². The molecule has 1 atom stereocenters. The average Bonchev–Trinajstić information content (AvgIpc) is 3.47. The Morgan fingerprint density at radius 2 is 2.00 bits per heavy atom. The number of hydrogen-bond donors (Lipinski definition) is 2. The molecule has 5 rings (SSSR count). The van der Waals surface area contributed by atoms with Crippen LogP contribution in [-0.4, -0.2) is 56.6 Å². The summed E-state index contributed by atoms with van der Waals surface area (Å²) in [6.45, 7) is 12.6. The number of nitrogens with one attached hydrogen (secondary N) is 2. The fourth-order valence-corrected chi connectivity index (χ4v) is 5.98. The number of halogens is 3. The van der Waals surface area contributed by atoms with E-state index in [9.17, 15) is 18.0 Å². The highest BCUT2D eigenvalue weighted by atomic mass is 32.2. The Hall–Kier alpha value is -3.48. The fourth-order valence-electron chi connectivity index (χ4n) is 5.43. The third-order valence-corrected chi connectivity index (χ3v) is 8.75. The van der Waals surface area contributed by atoms with Crippen molar-refractivity contribution in [1.82, 2.24) is 24.8 Å². The summed E-state index contributed by atoms with van der Waals surface area (Å²) in [5.41, 5.74) is -1.49. The van der Waals surface area contributed by atoms with Crippen molar-refractivity contribution >= 4 is 28.7 Å². The van der Waals surface area contributed by atoms with Gasteiger partial charge in [-0.05, 0) is 70.6 Å². The minimum atomic E-state index is -4.22. The Morgan fingerprint density at radius 1 is 1.22 bits per heavy atom. The molecule has 2 aromatic rings. The standard InChI is InChI=1S/C28H34F3N7O2S/c1-5-23-33-18(2)32-15-9-19-8-11-26(3,4)38(19)24-20(25(39)36-41-23)6-7-21(34-24)37-16-10-22(35-37)40-17-14-27(12-13-27)28(29,30)31/h5-7,10,16,19,32H,1-2,8-9,11-15,17H2,3-4H3,(H,36,39)/b33-23+. The Morgan fingerprint density at radius 3 is 2.71 bits per heavy atom. The molecule has 2 aromatic heterocycles. The van der Waals surface area contributed by atoms with Gasteiger partial charge in [0.15, 0.2) is 5.82 Å². The zero-order valence-corrected chi connectivity index (χ0v) is 23.9. The summed E-state index contributed by atoms with van der Waals surface area (Å²) in [5.74, 6) is 1.36. The van der Waals surface area contributed by atoms with Gasteiger partial charge in [-0.15, -0.1) is 5.10 Å². The molecule has 4 heterocycles. The molecular formula is C28H34F3N7O2S. The predicted octanol–water partition coefficient (Wildman–Crippen LogP) is 5.55. The minimum Gasteiger partial charge on any atom is -0.477 e. The molecule has 1 saturated heterocycles. The molecule has 3 aliphatic rings. The van der Waals surface area contributed by atoms with Gasteiger partial charge in [0.2, 0.25) is 5.88 Å². The van der Waals surface area contributed by atoms with Crippen LogP contribution in [0.25, 0.3) is 5.82 Å². The first-order valence-corrected chi connectivity index (χ1v) is 14.4. The van der Waals surface area contributed by atoms with Gasteiger partial charge in [-0.1, -0.05) is 13.2 Å². The summed E-state index contributed by atoms with van der Waals surface area (Å²) in [6.07, 6.45) is 1.77. The Bertz CT molecular complexity index is 1370. The minimum absolute atomic E-state index is 0.0773. The van der Waals surface area contributed by atoms with Crippen molar-refractivity contribution in [3.63, 3.8) is 0 Å². The summed E-state index contributed by atoms with van der Waals surface area (Å²) in [5, 5.41) is 8.14. The zero-order chi connectivity index (χ0) is 29.4. The second-order valence-electron chi connectivity index (χ2n) is 11.2. The molecule has 220 valence electrons. The van der Waals surface area contributed by atoms with E-state index in [-0.39, 0.29) is 49.2 Å². The lowest BCUT2D eigenvalue weighted by Crippen LogP contribution is -2.45. The number of alkyl halides is 3. The number of nitrogens with zero attached hydrogens (tertiary/aromatic N) is 5. The van der Waals surface area contributed by atoms with E-state index in [0.29, 0.717) is 34.6 Å². The monoisotopic (exact) mass is 589 g/mol. The van der Waals surface area contributed by atoms with Crippen LogP contribution in [0.1, 0.15) is 62.7 Å². The maximum Gasteiger partial charge on any atom is 0.394 e. The van der Waals surface area contributed by atoms with Crippen LogP contribution in [0.2, 0.25) is 0 Å². The number of carbonyl (C=O) groups is 1. The highest BCUT2D eigenvalue weighted by Gasteiger charge is 2.62. The van der Waals surface area contributed by atoms with E-state index in [1.54, 1.807) is 30.5 Å². The maximum atomic E-state index is 13.4. The highest BCUT2D eigenvalue weighted by molar-refractivity contribution is 8.13. The number of carbonyl (C=O) groups excluding carboxylic acids is 1. The lowest BCUT2D eigenvalue weighted by Gasteiger charge is -2.38. The van der Waals surface area contributed by atoms with E-state index >= 15 is 0 Å². The van der Waals surface area contributed by atoms with Crippen molar-refractivity contribution < 1.29 is 22.7 Å². The Balaban J connectivity index is 1.42. The smallest absolute Gasteiger partial charge is 0.394 e. The molecule has 2 aliphatic heterocycles. The van der Waals surface area contributed by atoms with Gasteiger partial charge in [-0.2, -0.15) is 13.2 Å². The summed E-state index contributed by atoms with van der Waals surface area (Å²) in [4.78, 5) is 25.0. The molecule has 1 unspecified atom stereocenters. The molecule has 2 N–H and O–H groups in total. The molecule has 1 saturated carbocycles. The van der Waals surface area contributed by atoms with Gasteiger partial charge in [-0.25, -0.2) is 14.7 Å². The molecule has 0 bridgehead atoms. The van der Waals surface area contributed by atoms with E-state index in [1.165, 1.54) is 4.68 Å². The number of aromatic nitrogens is 3. The van der Waals surface area contributed by atoms with Crippen molar-refractivity contribution in [2.24, 2.45) is 10.4 Å². The summed E-state index contributed by atoms with van der Waals surface area (Å²) in [6, 6.07) is 5.10.